The Hall–Kier alpha value is -3.27. The Bertz CT molecular complexity index is 1040. The number of aromatic nitrogens is 2. The number of hydrogen-bond donors (Lipinski definition) is 0. The maximum atomic E-state index is 6.11. The lowest BCUT2D eigenvalue weighted by Crippen LogP contribution is -2.02. The van der Waals surface area contributed by atoms with Gasteiger partial charge in [-0.05, 0) is 36.2 Å². The molecule has 0 saturated carbocycles. The molecule has 0 fully saturated rings. The van der Waals surface area contributed by atoms with Crippen LogP contribution in [0.3, 0.4) is 0 Å². The molecule has 4 heteroatoms. The molecule has 0 aliphatic rings. The fraction of sp³-hybridized carbons (Fsp3) is 0.174. The number of aryl methyl sites for hydroxylation is 1. The summed E-state index contributed by atoms with van der Waals surface area (Å²) >= 11 is 0. The van der Waals surface area contributed by atoms with E-state index in [1.807, 2.05) is 48.7 Å². The van der Waals surface area contributed by atoms with Crippen LogP contribution in [0.5, 0.6) is 11.6 Å². The van der Waals surface area contributed by atoms with Crippen LogP contribution in [0.4, 0.5) is 0 Å². The molecule has 0 N–H and O–H groups in total. The van der Waals surface area contributed by atoms with Crippen LogP contribution in [0.25, 0.3) is 10.9 Å². The van der Waals surface area contributed by atoms with Gasteiger partial charge < -0.3 is 14.0 Å². The molecule has 2 aromatic heterocycles. The molecular formula is C23H22N2O2. The lowest BCUT2D eigenvalue weighted by Gasteiger charge is -2.10. The number of fused-ring (bicyclic) bond motifs is 1. The van der Waals surface area contributed by atoms with Crippen molar-refractivity contribution in [3.05, 3.63) is 89.7 Å². The number of benzene rings is 2. The quantitative estimate of drug-likeness (QED) is 0.488. The Kier molecular flexibility index (Phi) is 4.79. The minimum Gasteiger partial charge on any atom is -0.488 e. The third-order valence-corrected chi connectivity index (χ3v) is 4.70. The molecule has 0 saturated heterocycles. The molecule has 4 aromatic rings. The number of pyridine rings is 1. The lowest BCUT2D eigenvalue weighted by atomic mass is 10.2. The average molecular weight is 358 g/mol. The minimum atomic E-state index is 0.562. The van der Waals surface area contributed by atoms with Crippen molar-refractivity contribution in [2.45, 2.75) is 20.1 Å². The van der Waals surface area contributed by atoms with Crippen LogP contribution in [0.1, 0.15) is 16.8 Å². The first-order valence-corrected chi connectivity index (χ1v) is 8.99. The van der Waals surface area contributed by atoms with Gasteiger partial charge in [-0.15, -0.1) is 0 Å². The van der Waals surface area contributed by atoms with Crippen molar-refractivity contribution in [1.29, 1.82) is 0 Å². The molecule has 0 aliphatic carbocycles. The molecule has 2 heterocycles. The maximum Gasteiger partial charge on any atom is 0.212 e. The van der Waals surface area contributed by atoms with E-state index in [0.29, 0.717) is 12.5 Å². The molecule has 0 amide bonds. The van der Waals surface area contributed by atoms with E-state index in [2.05, 4.69) is 40.7 Å². The summed E-state index contributed by atoms with van der Waals surface area (Å²) in [5.74, 6) is 1.54. The Morgan fingerprint density at radius 2 is 1.78 bits per heavy atom. The van der Waals surface area contributed by atoms with Gasteiger partial charge in [-0.1, -0.05) is 42.5 Å². The van der Waals surface area contributed by atoms with Crippen molar-refractivity contribution < 1.29 is 9.47 Å². The summed E-state index contributed by atoms with van der Waals surface area (Å²) < 4.78 is 13.5. The SMILES string of the molecule is COc1ccc(Cn2c(C)cc3c(OCc4ccccc4)cccc32)cn1. The molecule has 0 spiro atoms. The van der Waals surface area contributed by atoms with Crippen molar-refractivity contribution in [1.82, 2.24) is 9.55 Å². The van der Waals surface area contributed by atoms with E-state index < -0.39 is 0 Å². The molecule has 0 aliphatic heterocycles. The molecule has 2 aromatic carbocycles. The predicted octanol–water partition coefficient (Wildman–Crippen LogP) is 4.98. The maximum absolute atomic E-state index is 6.11. The summed E-state index contributed by atoms with van der Waals surface area (Å²) in [6, 6.07) is 22.6. The largest absolute Gasteiger partial charge is 0.488 e. The van der Waals surface area contributed by atoms with Gasteiger partial charge in [-0.25, -0.2) is 4.98 Å². The van der Waals surface area contributed by atoms with Gasteiger partial charge in [-0.3, -0.25) is 0 Å². The molecule has 4 rings (SSSR count). The smallest absolute Gasteiger partial charge is 0.212 e. The van der Waals surface area contributed by atoms with E-state index in [0.717, 1.165) is 34.3 Å². The van der Waals surface area contributed by atoms with Gasteiger partial charge in [0.15, 0.2) is 0 Å². The van der Waals surface area contributed by atoms with Crippen molar-refractivity contribution in [2.24, 2.45) is 0 Å². The second-order valence-corrected chi connectivity index (χ2v) is 6.54. The highest BCUT2D eigenvalue weighted by Crippen LogP contribution is 2.30. The molecule has 136 valence electrons. The van der Waals surface area contributed by atoms with E-state index in [-0.39, 0.29) is 0 Å². The lowest BCUT2D eigenvalue weighted by molar-refractivity contribution is 0.310. The van der Waals surface area contributed by atoms with Gasteiger partial charge in [0.1, 0.15) is 12.4 Å². The summed E-state index contributed by atoms with van der Waals surface area (Å²) in [7, 11) is 1.63. The van der Waals surface area contributed by atoms with Crippen LogP contribution in [0, 0.1) is 6.92 Å². The Labute approximate surface area is 159 Å². The summed E-state index contributed by atoms with van der Waals surface area (Å²) in [6.07, 6.45) is 1.86. The molecule has 4 nitrogen and oxygen atoms in total. The zero-order valence-electron chi connectivity index (χ0n) is 15.6. The van der Waals surface area contributed by atoms with Crippen LogP contribution >= 0.6 is 0 Å². The summed E-state index contributed by atoms with van der Waals surface area (Å²) in [5, 5.41) is 1.13. The van der Waals surface area contributed by atoms with Crippen LogP contribution < -0.4 is 9.47 Å². The first-order chi connectivity index (χ1) is 13.2. The first-order valence-electron chi connectivity index (χ1n) is 8.99. The normalized spacial score (nSPS) is 10.9. The number of rotatable bonds is 6. The van der Waals surface area contributed by atoms with Crippen LogP contribution in [-0.2, 0) is 13.2 Å². The van der Waals surface area contributed by atoms with Gasteiger partial charge in [-0.2, -0.15) is 0 Å². The fourth-order valence-electron chi connectivity index (χ4n) is 3.27. The number of nitrogens with zero attached hydrogens (tertiary/aromatic N) is 2. The van der Waals surface area contributed by atoms with Gasteiger partial charge in [0.2, 0.25) is 5.88 Å². The zero-order chi connectivity index (χ0) is 18.6. The van der Waals surface area contributed by atoms with E-state index in [1.54, 1.807) is 7.11 Å². The van der Waals surface area contributed by atoms with E-state index in [4.69, 9.17) is 9.47 Å². The molecular weight excluding hydrogens is 336 g/mol. The average Bonchev–Trinajstić information content (AvgIpc) is 3.03. The Morgan fingerprint density at radius 1 is 0.926 bits per heavy atom. The monoisotopic (exact) mass is 358 g/mol. The topological polar surface area (TPSA) is 36.3 Å². The fourth-order valence-corrected chi connectivity index (χ4v) is 3.27. The van der Waals surface area contributed by atoms with Gasteiger partial charge >= 0.3 is 0 Å². The van der Waals surface area contributed by atoms with Gasteiger partial charge in [0.05, 0.1) is 12.6 Å². The van der Waals surface area contributed by atoms with Gasteiger partial charge in [0.25, 0.3) is 0 Å². The highest BCUT2D eigenvalue weighted by Gasteiger charge is 2.11. The minimum absolute atomic E-state index is 0.562. The van der Waals surface area contributed by atoms with Crippen molar-refractivity contribution >= 4 is 10.9 Å². The summed E-state index contributed by atoms with van der Waals surface area (Å²) in [5.41, 5.74) is 4.65. The van der Waals surface area contributed by atoms with Gasteiger partial charge in [0, 0.05) is 29.9 Å². The highest BCUT2D eigenvalue weighted by molar-refractivity contribution is 5.87. The molecule has 0 atom stereocenters. The van der Waals surface area contributed by atoms with E-state index in [1.165, 1.54) is 5.69 Å². The van der Waals surface area contributed by atoms with Crippen LogP contribution in [0.15, 0.2) is 72.9 Å². The second-order valence-electron chi connectivity index (χ2n) is 6.54. The molecule has 0 bridgehead atoms. The Morgan fingerprint density at radius 3 is 2.52 bits per heavy atom. The van der Waals surface area contributed by atoms with E-state index in [9.17, 15) is 0 Å². The number of methoxy groups -OCH3 is 1. The summed E-state index contributed by atoms with van der Waals surface area (Å²) in [6.45, 7) is 3.44. The first kappa shape index (κ1) is 17.2. The second kappa shape index (κ2) is 7.54. The molecule has 27 heavy (non-hydrogen) atoms. The zero-order valence-corrected chi connectivity index (χ0v) is 15.6. The standard InChI is InChI=1S/C23H22N2O2/c1-17-13-20-21(25(17)15-19-11-12-23(26-2)24-14-19)9-6-10-22(20)27-16-18-7-4-3-5-8-18/h3-14H,15-16H2,1-2H3. The number of ether oxygens (including phenoxy) is 2. The third kappa shape index (κ3) is 3.65. The molecule has 0 unspecified atom stereocenters. The van der Waals surface area contributed by atoms with Crippen molar-refractivity contribution in [3.8, 4) is 11.6 Å². The van der Waals surface area contributed by atoms with Crippen molar-refractivity contribution in [2.75, 3.05) is 7.11 Å². The Balaban J connectivity index is 1.61. The molecule has 0 radical (unpaired) electrons. The van der Waals surface area contributed by atoms with Crippen LogP contribution in [-0.4, -0.2) is 16.7 Å². The predicted molar refractivity (Wildman–Crippen MR) is 107 cm³/mol. The van der Waals surface area contributed by atoms with E-state index >= 15 is 0 Å². The third-order valence-electron chi connectivity index (χ3n) is 4.70. The highest BCUT2D eigenvalue weighted by atomic mass is 16.5. The van der Waals surface area contributed by atoms with Crippen molar-refractivity contribution in [3.63, 3.8) is 0 Å². The van der Waals surface area contributed by atoms with Crippen LogP contribution in [0.2, 0.25) is 0 Å². The summed E-state index contributed by atoms with van der Waals surface area (Å²) in [4.78, 5) is 4.31. The number of hydrogen-bond acceptors (Lipinski definition) is 3.